The molecular weight excluding hydrogens is 667 g/mol. The molecule has 0 saturated heterocycles. The number of rotatable bonds is 41. The fraction of sp³-hybridized carbons (Fsp3) is 0.889. The van der Waals surface area contributed by atoms with Crippen LogP contribution in [0.2, 0.25) is 0 Å². The molecule has 0 radical (unpaired) electrons. The zero-order chi connectivity index (χ0) is 38.2. The molecule has 0 bridgehead atoms. The molecule has 0 aliphatic carbocycles. The number of carbonyl (C=O) groups excluding carboxylic acids is 1. The predicted molar refractivity (Wildman–Crippen MR) is 226 cm³/mol. The van der Waals surface area contributed by atoms with E-state index in [0.717, 1.165) is 44.9 Å². The molecule has 1 amide bonds. The Bertz CT molecular complexity index is 919. The van der Waals surface area contributed by atoms with E-state index in [1.54, 1.807) is 6.08 Å². The molecule has 0 aromatic rings. The van der Waals surface area contributed by atoms with Gasteiger partial charge in [0.05, 0.1) is 17.9 Å². The van der Waals surface area contributed by atoms with Crippen molar-refractivity contribution in [3.8, 4) is 0 Å². The van der Waals surface area contributed by atoms with E-state index in [-0.39, 0.29) is 5.91 Å². The van der Waals surface area contributed by atoms with Crippen LogP contribution in [0.25, 0.3) is 0 Å². The summed E-state index contributed by atoms with van der Waals surface area (Å²) in [5.74, 6) is -0.977. The van der Waals surface area contributed by atoms with Crippen LogP contribution in [-0.2, 0) is 14.9 Å². The van der Waals surface area contributed by atoms with E-state index in [2.05, 4.69) is 31.3 Å². The Morgan fingerprint density at radius 2 is 0.808 bits per heavy atom. The van der Waals surface area contributed by atoms with E-state index < -0.39 is 28.0 Å². The molecule has 52 heavy (non-hydrogen) atoms. The summed E-state index contributed by atoms with van der Waals surface area (Å²) in [5, 5.41) is 13.3. The number of carbonyl (C=O) groups is 1. The average molecular weight is 754 g/mol. The Morgan fingerprint density at radius 3 is 1.15 bits per heavy atom. The van der Waals surface area contributed by atoms with Crippen LogP contribution >= 0.6 is 0 Å². The fourth-order valence-corrected chi connectivity index (χ4v) is 7.71. The lowest BCUT2D eigenvalue weighted by Gasteiger charge is -2.21. The largest absolute Gasteiger partial charge is 0.387 e. The molecule has 0 heterocycles. The van der Waals surface area contributed by atoms with Gasteiger partial charge in [0.1, 0.15) is 0 Å². The summed E-state index contributed by atoms with van der Waals surface area (Å²) in [7, 11) is -4.34. The van der Waals surface area contributed by atoms with Gasteiger partial charge in [-0.15, -0.1) is 0 Å². The van der Waals surface area contributed by atoms with Gasteiger partial charge in [-0.1, -0.05) is 212 Å². The summed E-state index contributed by atoms with van der Waals surface area (Å²) in [5.41, 5.74) is 0. The normalized spacial score (nSPS) is 13.4. The molecule has 0 spiro atoms. The van der Waals surface area contributed by atoms with Gasteiger partial charge in [0, 0.05) is 6.42 Å². The van der Waals surface area contributed by atoms with E-state index in [0.29, 0.717) is 6.42 Å². The number of nitrogens with one attached hydrogen (secondary N) is 1. The summed E-state index contributed by atoms with van der Waals surface area (Å²) in [6, 6.07) is -1.06. The fourth-order valence-electron chi connectivity index (χ4n) is 6.97. The van der Waals surface area contributed by atoms with Crippen molar-refractivity contribution in [2.24, 2.45) is 0 Å². The monoisotopic (exact) mass is 754 g/mol. The van der Waals surface area contributed by atoms with Crippen LogP contribution < -0.4 is 5.32 Å². The standard InChI is InChI=1S/C45H87NO5S/c1-3-5-7-9-11-13-15-17-19-21-23-24-26-28-30-32-34-36-38-40-44(47)43(42-52(49,50)51)46-45(48)41-39-37-35-33-31-29-27-25-22-20-18-16-14-12-10-8-6-4-2/h20,22,38,40,43-44,47H,3-19,21,23-37,39,41-42H2,1-2H3,(H,46,48)(H,49,50,51)/b22-20-,40-38+. The number of amides is 1. The highest BCUT2D eigenvalue weighted by Crippen LogP contribution is 2.15. The Labute approximate surface area is 324 Å². The number of hydrogen-bond acceptors (Lipinski definition) is 4. The van der Waals surface area contributed by atoms with Gasteiger partial charge < -0.3 is 10.4 Å². The molecular formula is C45H87NO5S. The van der Waals surface area contributed by atoms with E-state index in [1.807, 2.05) is 6.08 Å². The minimum atomic E-state index is -4.34. The first-order valence-corrected chi connectivity index (χ1v) is 24.1. The molecule has 3 N–H and O–H groups in total. The van der Waals surface area contributed by atoms with E-state index >= 15 is 0 Å². The predicted octanol–water partition coefficient (Wildman–Crippen LogP) is 13.5. The SMILES string of the molecule is CCCCCCCCC/C=C\CCCCCCCCCC(=O)NC(CS(=O)(=O)O)C(O)/C=C/CCCCCCCCCCCCCCCCCCC. The molecule has 0 aliphatic rings. The van der Waals surface area contributed by atoms with Gasteiger partial charge in [0.15, 0.2) is 0 Å². The minimum absolute atomic E-state index is 0.280. The van der Waals surface area contributed by atoms with Gasteiger partial charge in [0.25, 0.3) is 10.1 Å². The van der Waals surface area contributed by atoms with Gasteiger partial charge in [0.2, 0.25) is 5.91 Å². The minimum Gasteiger partial charge on any atom is -0.387 e. The number of unbranched alkanes of at least 4 members (excludes halogenated alkanes) is 31. The van der Waals surface area contributed by atoms with Crippen LogP contribution in [-0.4, -0.2) is 41.9 Å². The first kappa shape index (κ1) is 50.8. The van der Waals surface area contributed by atoms with Gasteiger partial charge >= 0.3 is 0 Å². The second-order valence-electron chi connectivity index (χ2n) is 15.7. The summed E-state index contributed by atoms with van der Waals surface area (Å²) in [6.45, 7) is 4.54. The molecule has 6 nitrogen and oxygen atoms in total. The average Bonchev–Trinajstić information content (AvgIpc) is 3.11. The van der Waals surface area contributed by atoms with E-state index in [4.69, 9.17) is 0 Å². The maximum atomic E-state index is 12.5. The third-order valence-electron chi connectivity index (χ3n) is 10.4. The van der Waals surface area contributed by atoms with Crippen LogP contribution in [0.5, 0.6) is 0 Å². The topological polar surface area (TPSA) is 104 Å². The van der Waals surface area contributed by atoms with E-state index in [9.17, 15) is 22.9 Å². The van der Waals surface area contributed by atoms with Crippen LogP contribution in [0, 0.1) is 0 Å². The van der Waals surface area contributed by atoms with Crippen LogP contribution in [0.4, 0.5) is 0 Å². The van der Waals surface area contributed by atoms with Gasteiger partial charge in [-0.05, 0) is 44.9 Å². The zero-order valence-corrected chi connectivity index (χ0v) is 35.3. The van der Waals surface area contributed by atoms with Crippen LogP contribution in [0.15, 0.2) is 24.3 Å². The first-order chi connectivity index (χ1) is 25.3. The van der Waals surface area contributed by atoms with Gasteiger partial charge in [-0.2, -0.15) is 8.42 Å². The quantitative estimate of drug-likeness (QED) is 0.0328. The Kier molecular flexibility index (Phi) is 38.6. The van der Waals surface area contributed by atoms with Crippen molar-refractivity contribution in [1.82, 2.24) is 5.32 Å². The molecule has 0 saturated carbocycles. The number of aliphatic hydroxyl groups excluding tert-OH is 1. The highest BCUT2D eigenvalue weighted by atomic mass is 32.2. The second kappa shape index (κ2) is 39.5. The van der Waals surface area contributed by atoms with Crippen molar-refractivity contribution in [3.05, 3.63) is 24.3 Å². The lowest BCUT2D eigenvalue weighted by molar-refractivity contribution is -0.122. The summed E-state index contributed by atoms with van der Waals surface area (Å²) in [6.07, 6.45) is 50.2. The molecule has 308 valence electrons. The summed E-state index contributed by atoms with van der Waals surface area (Å²) in [4.78, 5) is 12.5. The van der Waals surface area contributed by atoms with Gasteiger partial charge in [-0.3, -0.25) is 9.35 Å². The summed E-state index contributed by atoms with van der Waals surface area (Å²) >= 11 is 0. The maximum absolute atomic E-state index is 12.5. The Balaban J connectivity index is 3.86. The first-order valence-electron chi connectivity index (χ1n) is 22.5. The van der Waals surface area contributed by atoms with E-state index in [1.165, 1.54) is 173 Å². The van der Waals surface area contributed by atoms with Crippen LogP contribution in [0.1, 0.15) is 239 Å². The number of aliphatic hydroxyl groups is 1. The Morgan fingerprint density at radius 1 is 0.500 bits per heavy atom. The molecule has 2 unspecified atom stereocenters. The third-order valence-corrected chi connectivity index (χ3v) is 11.2. The van der Waals surface area contributed by atoms with Crippen molar-refractivity contribution < 1.29 is 22.9 Å². The molecule has 0 rings (SSSR count). The number of allylic oxidation sites excluding steroid dienone is 3. The molecule has 0 aliphatic heterocycles. The van der Waals surface area contributed by atoms with Crippen molar-refractivity contribution in [2.45, 2.75) is 251 Å². The number of hydrogen-bond donors (Lipinski definition) is 3. The molecule has 0 fully saturated rings. The highest BCUT2D eigenvalue weighted by Gasteiger charge is 2.24. The zero-order valence-electron chi connectivity index (χ0n) is 34.4. The molecule has 2 atom stereocenters. The lowest BCUT2D eigenvalue weighted by atomic mass is 10.0. The van der Waals surface area contributed by atoms with Gasteiger partial charge in [-0.25, -0.2) is 0 Å². The molecule has 0 aromatic carbocycles. The molecule has 7 heteroatoms. The van der Waals surface area contributed by atoms with Crippen molar-refractivity contribution in [2.75, 3.05) is 5.75 Å². The maximum Gasteiger partial charge on any atom is 0.267 e. The second-order valence-corrected chi connectivity index (χ2v) is 17.2. The van der Waals surface area contributed by atoms with Crippen LogP contribution in [0.3, 0.4) is 0 Å². The smallest absolute Gasteiger partial charge is 0.267 e. The third kappa shape index (κ3) is 40.0. The van der Waals surface area contributed by atoms with Crippen molar-refractivity contribution in [1.29, 1.82) is 0 Å². The van der Waals surface area contributed by atoms with Crippen molar-refractivity contribution >= 4 is 16.0 Å². The van der Waals surface area contributed by atoms with Crippen molar-refractivity contribution in [3.63, 3.8) is 0 Å². The highest BCUT2D eigenvalue weighted by molar-refractivity contribution is 7.85. The lowest BCUT2D eigenvalue weighted by Crippen LogP contribution is -2.46. The molecule has 0 aromatic heterocycles. The Hall–Kier alpha value is -1.18. The summed E-state index contributed by atoms with van der Waals surface area (Å²) < 4.78 is 32.6.